The number of ether oxygens (including phenoxy) is 1. The number of nitrogens with one attached hydrogen (secondary N) is 1. The van der Waals surface area contributed by atoms with Crippen LogP contribution >= 0.6 is 0 Å². The van der Waals surface area contributed by atoms with Crippen molar-refractivity contribution < 1.29 is 9.53 Å². The minimum Gasteiger partial charge on any atom is -0.478 e. The highest BCUT2D eigenvalue weighted by molar-refractivity contribution is 5.77. The van der Waals surface area contributed by atoms with Crippen molar-refractivity contribution in [3.8, 4) is 11.8 Å². The highest BCUT2D eigenvalue weighted by atomic mass is 16.5. The molecule has 0 aliphatic heterocycles. The summed E-state index contributed by atoms with van der Waals surface area (Å²) in [4.78, 5) is 23.4. The maximum Gasteiger partial charge on any atom is 0.293 e. The van der Waals surface area contributed by atoms with Gasteiger partial charge in [-0.2, -0.15) is 5.26 Å². The average molecular weight is 297 g/mol. The average Bonchev–Trinajstić information content (AvgIpc) is 2.56. The molecule has 1 N–H and O–H groups in total. The lowest BCUT2D eigenvalue weighted by Crippen LogP contribution is -2.28. The third-order valence-corrected chi connectivity index (χ3v) is 3.06. The van der Waals surface area contributed by atoms with Crippen LogP contribution in [0.5, 0.6) is 5.75 Å². The van der Waals surface area contributed by atoms with E-state index in [4.69, 9.17) is 10.00 Å². The third-order valence-electron chi connectivity index (χ3n) is 3.06. The Balaban J connectivity index is 2.16. The number of aromatic nitrogens is 1. The van der Waals surface area contributed by atoms with E-state index in [2.05, 4.69) is 5.32 Å². The lowest BCUT2D eigenvalue weighted by Gasteiger charge is -2.09. The first kappa shape index (κ1) is 15.3. The van der Waals surface area contributed by atoms with Crippen molar-refractivity contribution in [3.05, 3.63) is 64.1 Å². The topological polar surface area (TPSA) is 84.1 Å². The Labute approximate surface area is 127 Å². The van der Waals surface area contributed by atoms with Crippen molar-refractivity contribution in [1.29, 1.82) is 5.26 Å². The van der Waals surface area contributed by atoms with Gasteiger partial charge in [-0.15, -0.1) is 0 Å². The summed E-state index contributed by atoms with van der Waals surface area (Å²) in [6, 6.07) is 12.2. The summed E-state index contributed by atoms with van der Waals surface area (Å²) >= 11 is 0. The lowest BCUT2D eigenvalue weighted by molar-refractivity contribution is -0.122. The number of nitriles is 1. The number of carbonyl (C=O) groups excluding carboxylic acids is 1. The molecular formula is C16H15N3O3. The van der Waals surface area contributed by atoms with Crippen molar-refractivity contribution in [1.82, 2.24) is 9.88 Å². The highest BCUT2D eigenvalue weighted by Gasteiger charge is 2.07. The Bertz CT molecular complexity index is 757. The van der Waals surface area contributed by atoms with Gasteiger partial charge in [-0.3, -0.25) is 9.59 Å². The van der Waals surface area contributed by atoms with Gasteiger partial charge in [-0.1, -0.05) is 12.1 Å². The van der Waals surface area contributed by atoms with E-state index in [0.29, 0.717) is 12.1 Å². The Hall–Kier alpha value is -3.07. The van der Waals surface area contributed by atoms with Gasteiger partial charge < -0.3 is 14.6 Å². The van der Waals surface area contributed by atoms with E-state index < -0.39 is 0 Å². The minimum atomic E-state index is -0.309. The van der Waals surface area contributed by atoms with E-state index in [1.165, 1.54) is 17.7 Å². The quantitative estimate of drug-likeness (QED) is 0.888. The van der Waals surface area contributed by atoms with Gasteiger partial charge in [0.15, 0.2) is 12.4 Å². The summed E-state index contributed by atoms with van der Waals surface area (Å²) in [7, 11) is 1.50. The molecule has 0 aliphatic rings. The van der Waals surface area contributed by atoms with Crippen molar-refractivity contribution in [2.24, 2.45) is 0 Å². The van der Waals surface area contributed by atoms with Crippen LogP contribution in [-0.2, 0) is 11.3 Å². The number of carbonyl (C=O) groups is 1. The summed E-state index contributed by atoms with van der Waals surface area (Å²) in [6.45, 7) is 0.161. The van der Waals surface area contributed by atoms with Gasteiger partial charge in [0.2, 0.25) is 0 Å². The van der Waals surface area contributed by atoms with E-state index in [9.17, 15) is 9.59 Å². The zero-order valence-corrected chi connectivity index (χ0v) is 12.1. The smallest absolute Gasteiger partial charge is 0.293 e. The first-order chi connectivity index (χ1) is 10.6. The molecule has 0 spiro atoms. The van der Waals surface area contributed by atoms with Gasteiger partial charge >= 0.3 is 0 Å². The van der Waals surface area contributed by atoms with Gasteiger partial charge in [0.1, 0.15) is 0 Å². The molecule has 2 aromatic rings. The molecule has 112 valence electrons. The summed E-state index contributed by atoms with van der Waals surface area (Å²) in [5.74, 6) is -0.179. The first-order valence-corrected chi connectivity index (χ1v) is 6.66. The van der Waals surface area contributed by atoms with E-state index in [1.807, 2.05) is 6.07 Å². The van der Waals surface area contributed by atoms with Crippen molar-refractivity contribution >= 4 is 5.91 Å². The number of pyridine rings is 1. The highest BCUT2D eigenvalue weighted by Crippen LogP contribution is 2.07. The number of benzene rings is 1. The molecule has 1 aromatic heterocycles. The predicted molar refractivity (Wildman–Crippen MR) is 80.5 cm³/mol. The summed E-state index contributed by atoms with van der Waals surface area (Å²) in [5, 5.41) is 11.2. The maximum atomic E-state index is 12.3. The predicted octanol–water partition coefficient (Wildman–Crippen LogP) is 0.893. The Morgan fingerprint density at radius 1 is 1.32 bits per heavy atom. The monoisotopic (exact) mass is 297 g/mol. The Kier molecular flexibility index (Phi) is 4.94. The van der Waals surface area contributed by atoms with Crippen LogP contribution in [0.15, 0.2) is 47.4 Å². The molecule has 0 saturated carbocycles. The zero-order valence-electron chi connectivity index (χ0n) is 12.1. The molecule has 1 amide bonds. The molecular weight excluding hydrogens is 282 g/mol. The van der Waals surface area contributed by atoms with Gasteiger partial charge in [0.25, 0.3) is 11.5 Å². The number of hydrogen-bond acceptors (Lipinski definition) is 4. The number of hydrogen-bond donors (Lipinski definition) is 1. The molecule has 22 heavy (non-hydrogen) atoms. The van der Waals surface area contributed by atoms with Crippen LogP contribution in [0.25, 0.3) is 0 Å². The normalized spacial score (nSPS) is 9.82. The lowest BCUT2D eigenvalue weighted by atomic mass is 10.1. The number of amides is 1. The van der Waals surface area contributed by atoms with E-state index in [-0.39, 0.29) is 23.8 Å². The maximum absolute atomic E-state index is 12.3. The number of nitrogens with zero attached hydrogens (tertiary/aromatic N) is 2. The number of likely N-dealkylation sites (N-methyl/N-ethyl adjacent to an activating group) is 1. The molecule has 0 radical (unpaired) electrons. The second kappa shape index (κ2) is 7.09. The molecule has 0 fully saturated rings. The van der Waals surface area contributed by atoms with E-state index >= 15 is 0 Å². The summed E-state index contributed by atoms with van der Waals surface area (Å²) < 4.78 is 6.70. The molecule has 1 aromatic carbocycles. The molecule has 0 aliphatic carbocycles. The van der Waals surface area contributed by atoms with Gasteiger partial charge in [-0.05, 0) is 29.8 Å². The van der Waals surface area contributed by atoms with Crippen LogP contribution in [0.2, 0.25) is 0 Å². The van der Waals surface area contributed by atoms with Crippen LogP contribution in [0.1, 0.15) is 11.1 Å². The fourth-order valence-electron chi connectivity index (χ4n) is 1.85. The fraction of sp³-hybridized carbons (Fsp3) is 0.188. The summed E-state index contributed by atoms with van der Waals surface area (Å²) in [6.07, 6.45) is 1.65. The standard InChI is InChI=1S/C16H15N3O3/c1-18-15(20)11-22-14-3-2-8-19(16(14)21)10-13-6-4-12(9-17)5-7-13/h2-8H,10-11H2,1H3,(H,18,20). The van der Waals surface area contributed by atoms with E-state index in [1.54, 1.807) is 36.5 Å². The molecule has 0 atom stereocenters. The van der Waals surface area contributed by atoms with Gasteiger partial charge in [0.05, 0.1) is 18.2 Å². The fourth-order valence-corrected chi connectivity index (χ4v) is 1.85. The Morgan fingerprint density at radius 2 is 2.05 bits per heavy atom. The van der Waals surface area contributed by atoms with Crippen molar-refractivity contribution in [3.63, 3.8) is 0 Å². The van der Waals surface area contributed by atoms with Crippen molar-refractivity contribution in [2.75, 3.05) is 13.7 Å². The SMILES string of the molecule is CNC(=O)COc1cccn(Cc2ccc(C#N)cc2)c1=O. The molecule has 0 saturated heterocycles. The molecule has 1 heterocycles. The second-order valence-corrected chi connectivity index (χ2v) is 4.58. The minimum absolute atomic E-state index is 0.125. The van der Waals surface area contributed by atoms with Crippen LogP contribution in [0, 0.1) is 11.3 Å². The molecule has 6 nitrogen and oxygen atoms in total. The van der Waals surface area contributed by atoms with Gasteiger partial charge in [-0.25, -0.2) is 0 Å². The molecule has 6 heteroatoms. The van der Waals surface area contributed by atoms with E-state index in [0.717, 1.165) is 5.56 Å². The Morgan fingerprint density at radius 3 is 2.68 bits per heavy atom. The molecule has 2 rings (SSSR count). The van der Waals surface area contributed by atoms with Crippen molar-refractivity contribution in [2.45, 2.75) is 6.54 Å². The third kappa shape index (κ3) is 3.73. The van der Waals surface area contributed by atoms with Crippen LogP contribution in [-0.4, -0.2) is 24.1 Å². The zero-order chi connectivity index (χ0) is 15.9. The summed E-state index contributed by atoms with van der Waals surface area (Å²) in [5.41, 5.74) is 1.15. The van der Waals surface area contributed by atoms with Crippen LogP contribution in [0.4, 0.5) is 0 Å². The van der Waals surface area contributed by atoms with Crippen LogP contribution < -0.4 is 15.6 Å². The number of rotatable bonds is 5. The van der Waals surface area contributed by atoms with Crippen LogP contribution in [0.3, 0.4) is 0 Å². The molecule has 0 bridgehead atoms. The largest absolute Gasteiger partial charge is 0.478 e. The van der Waals surface area contributed by atoms with Gasteiger partial charge in [0, 0.05) is 13.2 Å². The molecule has 0 unspecified atom stereocenters. The first-order valence-electron chi connectivity index (χ1n) is 6.66. The second-order valence-electron chi connectivity index (χ2n) is 4.58.